The number of hydrogen-bond donors (Lipinski definition) is 3. The summed E-state index contributed by atoms with van der Waals surface area (Å²) in [6.45, 7) is 1.87. The van der Waals surface area contributed by atoms with E-state index in [1.165, 1.54) is 0 Å². The molecule has 1 aliphatic heterocycles. The molecule has 1 saturated heterocycles. The lowest BCUT2D eigenvalue weighted by Crippen LogP contribution is -2.43. The fourth-order valence-electron chi connectivity index (χ4n) is 2.08. The van der Waals surface area contributed by atoms with Gasteiger partial charge in [0.05, 0.1) is 11.6 Å². The molecule has 3 N–H and O–H groups in total. The van der Waals surface area contributed by atoms with Crippen LogP contribution in [0.4, 0.5) is 19.0 Å². The molecule has 1 aliphatic rings. The number of carbonyl (C=O) groups is 2. The van der Waals surface area contributed by atoms with Gasteiger partial charge in [-0.1, -0.05) is 12.1 Å². The Labute approximate surface area is 156 Å². The second-order valence-corrected chi connectivity index (χ2v) is 6.30. The molecule has 1 aromatic heterocycles. The number of anilines is 1. The number of carboxylic acids is 1. The number of carbonyl (C=O) groups excluding carboxylic acids is 1. The summed E-state index contributed by atoms with van der Waals surface area (Å²) in [5, 5.41) is 17.6. The molecule has 0 radical (unpaired) electrons. The Morgan fingerprint density at radius 3 is 2.44 bits per heavy atom. The molecule has 146 valence electrons. The summed E-state index contributed by atoms with van der Waals surface area (Å²) in [6, 6.07) is 9.80. The van der Waals surface area contributed by atoms with E-state index in [1.807, 2.05) is 47.5 Å². The van der Waals surface area contributed by atoms with E-state index in [0.717, 1.165) is 18.0 Å². The van der Waals surface area contributed by atoms with Crippen LogP contribution in [0.3, 0.4) is 0 Å². The van der Waals surface area contributed by atoms with E-state index in [0.29, 0.717) is 17.4 Å². The summed E-state index contributed by atoms with van der Waals surface area (Å²) >= 11 is 1.56. The van der Waals surface area contributed by atoms with Crippen LogP contribution in [-0.2, 0) is 4.79 Å². The number of amides is 1. The van der Waals surface area contributed by atoms with Gasteiger partial charge in [-0.15, -0.1) is 11.8 Å². The maximum atomic E-state index is 12.3. The van der Waals surface area contributed by atoms with Crippen molar-refractivity contribution in [3.05, 3.63) is 42.1 Å². The van der Waals surface area contributed by atoms with Crippen molar-refractivity contribution in [3.63, 3.8) is 0 Å². The van der Waals surface area contributed by atoms with Gasteiger partial charge in [0.15, 0.2) is 5.82 Å². The molecule has 11 heteroatoms. The number of alkyl halides is 3. The van der Waals surface area contributed by atoms with Crippen LogP contribution in [-0.4, -0.2) is 52.3 Å². The normalized spacial score (nSPS) is 13.9. The van der Waals surface area contributed by atoms with Crippen molar-refractivity contribution < 1.29 is 27.9 Å². The Hall–Kier alpha value is -2.53. The van der Waals surface area contributed by atoms with Gasteiger partial charge in [0.25, 0.3) is 5.91 Å². The van der Waals surface area contributed by atoms with Crippen molar-refractivity contribution in [2.75, 3.05) is 24.7 Å². The second kappa shape index (κ2) is 8.91. The number of rotatable bonds is 4. The monoisotopic (exact) mass is 402 g/mol. The van der Waals surface area contributed by atoms with Crippen LogP contribution in [0.15, 0.2) is 41.4 Å². The van der Waals surface area contributed by atoms with Crippen LogP contribution in [0.1, 0.15) is 16.4 Å². The quantitative estimate of drug-likeness (QED) is 0.681. The molecule has 0 spiro atoms. The number of thioether (sulfide) groups is 1. The summed E-state index contributed by atoms with van der Waals surface area (Å²) in [4.78, 5) is 22.1. The molecule has 0 atom stereocenters. The molecule has 1 aromatic carbocycles. The molecule has 2 aromatic rings. The standard InChI is InChI=1S/C14H16N4OS.C2HF3O2/c1-20-12-5-3-2-4-11(12)14(19)16-13-6-7-18(17-13)10-8-15-9-10;3-2(4,5)1(6)7/h2-7,10,15H,8-9H2,1H3,(H,16,17,19);(H,6,7). The van der Waals surface area contributed by atoms with E-state index in [4.69, 9.17) is 9.90 Å². The molecule has 7 nitrogen and oxygen atoms in total. The van der Waals surface area contributed by atoms with Crippen LogP contribution in [0.25, 0.3) is 0 Å². The molecule has 0 bridgehead atoms. The summed E-state index contributed by atoms with van der Waals surface area (Å²) in [6.07, 6.45) is -1.22. The largest absolute Gasteiger partial charge is 0.490 e. The first-order valence-corrected chi connectivity index (χ1v) is 8.95. The summed E-state index contributed by atoms with van der Waals surface area (Å²) in [7, 11) is 0. The van der Waals surface area contributed by atoms with E-state index < -0.39 is 12.1 Å². The molecule has 27 heavy (non-hydrogen) atoms. The zero-order chi connectivity index (χ0) is 20.0. The third-order valence-electron chi connectivity index (χ3n) is 3.58. The number of benzene rings is 1. The first kappa shape index (κ1) is 20.8. The Morgan fingerprint density at radius 1 is 1.30 bits per heavy atom. The number of nitrogens with zero attached hydrogens (tertiary/aromatic N) is 2. The SMILES string of the molecule is CSc1ccccc1C(=O)Nc1ccn(C2CNC2)n1.O=C(O)C(F)(F)F. The van der Waals surface area contributed by atoms with Gasteiger partial charge in [0, 0.05) is 30.2 Å². The van der Waals surface area contributed by atoms with E-state index in [2.05, 4.69) is 15.7 Å². The van der Waals surface area contributed by atoms with E-state index in [1.54, 1.807) is 11.8 Å². The Kier molecular flexibility index (Phi) is 6.86. The minimum Gasteiger partial charge on any atom is -0.475 e. The highest BCUT2D eigenvalue weighted by Crippen LogP contribution is 2.21. The van der Waals surface area contributed by atoms with Crippen molar-refractivity contribution in [3.8, 4) is 0 Å². The summed E-state index contributed by atoms with van der Waals surface area (Å²) in [5.74, 6) is -2.28. The average Bonchev–Trinajstić information content (AvgIpc) is 3.00. The average molecular weight is 402 g/mol. The van der Waals surface area contributed by atoms with Crippen molar-refractivity contribution in [2.24, 2.45) is 0 Å². The summed E-state index contributed by atoms with van der Waals surface area (Å²) < 4.78 is 33.6. The lowest BCUT2D eigenvalue weighted by Gasteiger charge is -2.27. The third-order valence-corrected chi connectivity index (χ3v) is 4.37. The highest BCUT2D eigenvalue weighted by molar-refractivity contribution is 7.98. The van der Waals surface area contributed by atoms with Crippen LogP contribution in [0.2, 0.25) is 0 Å². The maximum Gasteiger partial charge on any atom is 0.490 e. The maximum absolute atomic E-state index is 12.3. The van der Waals surface area contributed by atoms with Gasteiger partial charge in [0.2, 0.25) is 0 Å². The smallest absolute Gasteiger partial charge is 0.475 e. The van der Waals surface area contributed by atoms with Gasteiger partial charge in [-0.2, -0.15) is 18.3 Å². The van der Waals surface area contributed by atoms with Gasteiger partial charge in [-0.3, -0.25) is 9.48 Å². The lowest BCUT2D eigenvalue weighted by molar-refractivity contribution is -0.192. The second-order valence-electron chi connectivity index (χ2n) is 5.45. The molecule has 0 unspecified atom stereocenters. The zero-order valence-corrected chi connectivity index (χ0v) is 15.0. The van der Waals surface area contributed by atoms with Crippen molar-refractivity contribution in [1.29, 1.82) is 0 Å². The van der Waals surface area contributed by atoms with E-state index in [-0.39, 0.29) is 5.91 Å². The number of carboxylic acid groups (broad SMARTS) is 1. The first-order valence-electron chi connectivity index (χ1n) is 7.72. The zero-order valence-electron chi connectivity index (χ0n) is 14.2. The predicted octanol–water partition coefficient (Wildman–Crippen LogP) is 2.63. The van der Waals surface area contributed by atoms with Crippen molar-refractivity contribution >= 4 is 29.5 Å². The third kappa shape index (κ3) is 5.73. The number of nitrogens with one attached hydrogen (secondary N) is 2. The highest BCUT2D eigenvalue weighted by atomic mass is 32.2. The molecule has 1 amide bonds. The lowest BCUT2D eigenvalue weighted by atomic mass is 10.2. The minimum absolute atomic E-state index is 0.119. The Balaban J connectivity index is 0.000000321. The van der Waals surface area contributed by atoms with Crippen LogP contribution in [0.5, 0.6) is 0 Å². The summed E-state index contributed by atoms with van der Waals surface area (Å²) in [5.41, 5.74) is 0.680. The predicted molar refractivity (Wildman–Crippen MR) is 94.0 cm³/mol. The fraction of sp³-hybridized carbons (Fsp3) is 0.312. The molecule has 2 heterocycles. The number of aliphatic carboxylic acids is 1. The fourth-order valence-corrected chi connectivity index (χ4v) is 2.68. The Bertz CT molecular complexity index is 806. The van der Waals surface area contributed by atoms with Gasteiger partial charge in [0.1, 0.15) is 0 Å². The molecule has 0 saturated carbocycles. The number of aromatic nitrogens is 2. The molecule has 0 aliphatic carbocycles. The van der Waals surface area contributed by atoms with Crippen molar-refractivity contribution in [2.45, 2.75) is 17.1 Å². The topological polar surface area (TPSA) is 96.3 Å². The van der Waals surface area contributed by atoms with Gasteiger partial charge in [-0.05, 0) is 18.4 Å². The van der Waals surface area contributed by atoms with E-state index >= 15 is 0 Å². The van der Waals surface area contributed by atoms with Gasteiger partial charge < -0.3 is 15.7 Å². The van der Waals surface area contributed by atoms with Crippen LogP contribution in [0, 0.1) is 0 Å². The molecule has 3 rings (SSSR count). The van der Waals surface area contributed by atoms with Gasteiger partial charge in [-0.25, -0.2) is 4.79 Å². The van der Waals surface area contributed by atoms with Crippen molar-refractivity contribution in [1.82, 2.24) is 15.1 Å². The highest BCUT2D eigenvalue weighted by Gasteiger charge is 2.38. The molecule has 1 fully saturated rings. The van der Waals surface area contributed by atoms with Crippen LogP contribution >= 0.6 is 11.8 Å². The first-order chi connectivity index (χ1) is 12.7. The Morgan fingerprint density at radius 2 is 1.93 bits per heavy atom. The van der Waals surface area contributed by atoms with Crippen LogP contribution < -0.4 is 10.6 Å². The minimum atomic E-state index is -5.08. The molecular formula is C16H17F3N4O3S. The number of halogens is 3. The number of hydrogen-bond acceptors (Lipinski definition) is 5. The molecular weight excluding hydrogens is 385 g/mol. The van der Waals surface area contributed by atoms with E-state index in [9.17, 15) is 18.0 Å². The van der Waals surface area contributed by atoms with Gasteiger partial charge >= 0.3 is 12.1 Å².